The highest BCUT2D eigenvalue weighted by atomic mass is 14.5. The topological polar surface area (TPSA) is 26.0 Å². The first-order valence-corrected chi connectivity index (χ1v) is 9.34. The summed E-state index contributed by atoms with van der Waals surface area (Å²) in [6.07, 6.45) is 15.8. The number of hydrogen-bond acceptors (Lipinski definition) is 1. The van der Waals surface area contributed by atoms with Gasteiger partial charge in [-0.25, -0.2) is 0 Å². The molecule has 0 unspecified atom stereocenters. The second kappa shape index (κ2) is 6.63. The van der Waals surface area contributed by atoms with E-state index in [4.69, 9.17) is 5.73 Å². The maximum absolute atomic E-state index is 5.89. The summed E-state index contributed by atoms with van der Waals surface area (Å²) in [4.78, 5) is 0. The van der Waals surface area contributed by atoms with Gasteiger partial charge in [-0.1, -0.05) is 54.5 Å². The molecule has 2 N–H and O–H groups in total. The second-order valence-electron chi connectivity index (χ2n) is 8.00. The van der Waals surface area contributed by atoms with E-state index in [1.165, 1.54) is 56.1 Å². The number of benzene rings is 1. The van der Waals surface area contributed by atoms with E-state index in [2.05, 4.69) is 56.8 Å². The molecule has 0 saturated heterocycles. The van der Waals surface area contributed by atoms with E-state index in [1.54, 1.807) is 5.57 Å². The average molecular weight is 322 g/mol. The fourth-order valence-corrected chi connectivity index (χ4v) is 4.83. The minimum atomic E-state index is 0.390. The molecule has 0 atom stereocenters. The molecular weight excluding hydrogens is 290 g/mol. The highest BCUT2D eigenvalue weighted by molar-refractivity contribution is 5.42. The maximum Gasteiger partial charge on any atom is 0.0314 e. The lowest BCUT2D eigenvalue weighted by Crippen LogP contribution is -2.34. The van der Waals surface area contributed by atoms with Gasteiger partial charge in [-0.15, -0.1) is 0 Å². The summed E-state index contributed by atoms with van der Waals surface area (Å²) in [5.74, 6) is 0. The van der Waals surface area contributed by atoms with Crippen LogP contribution in [-0.4, -0.2) is 0 Å². The molecule has 1 nitrogen and oxygen atoms in total. The van der Waals surface area contributed by atoms with Gasteiger partial charge in [0.2, 0.25) is 0 Å². The molecule has 1 aromatic carbocycles. The molecule has 0 radical (unpaired) electrons. The molecule has 24 heavy (non-hydrogen) atoms. The Labute approximate surface area is 147 Å². The summed E-state index contributed by atoms with van der Waals surface area (Å²) in [6, 6.07) is 8.69. The third kappa shape index (κ3) is 3.09. The van der Waals surface area contributed by atoms with Crippen molar-refractivity contribution in [2.75, 3.05) is 5.73 Å². The Hall–Kier alpha value is -1.76. The Morgan fingerprint density at radius 2 is 1.62 bits per heavy atom. The Balaban J connectivity index is 1.84. The van der Waals surface area contributed by atoms with Gasteiger partial charge in [0.25, 0.3) is 0 Å². The Morgan fingerprint density at radius 3 is 2.25 bits per heavy atom. The largest absolute Gasteiger partial charge is 0.399 e. The van der Waals surface area contributed by atoms with Crippen molar-refractivity contribution >= 4 is 5.69 Å². The highest BCUT2D eigenvalue weighted by Gasteiger charge is 2.46. The van der Waals surface area contributed by atoms with E-state index in [1.807, 2.05) is 6.08 Å². The predicted molar refractivity (Wildman–Crippen MR) is 105 cm³/mol. The van der Waals surface area contributed by atoms with Gasteiger partial charge in [-0.2, -0.15) is 0 Å². The van der Waals surface area contributed by atoms with Gasteiger partial charge in [0.05, 0.1) is 0 Å². The van der Waals surface area contributed by atoms with Crippen LogP contribution >= 0.6 is 0 Å². The molecule has 1 heteroatoms. The number of anilines is 1. The van der Waals surface area contributed by atoms with Crippen molar-refractivity contribution in [3.05, 3.63) is 65.8 Å². The van der Waals surface area contributed by atoms with Crippen LogP contribution in [0.5, 0.6) is 0 Å². The first kappa shape index (κ1) is 17.1. The summed E-state index contributed by atoms with van der Waals surface area (Å²) in [5, 5.41) is 0. The molecule has 4 rings (SSSR count). The Kier molecular flexibility index (Phi) is 4.71. The van der Waals surface area contributed by atoms with Gasteiger partial charge in [-0.3, -0.25) is 0 Å². The molecule has 1 aromatic rings. The predicted octanol–water partition coefficient (Wildman–Crippen LogP) is 6.33. The van der Waals surface area contributed by atoms with Gasteiger partial charge in [0, 0.05) is 5.69 Å². The molecule has 0 heterocycles. The van der Waals surface area contributed by atoms with Crippen molar-refractivity contribution in [2.45, 2.75) is 64.2 Å². The van der Waals surface area contributed by atoms with Crippen LogP contribution in [0.4, 0.5) is 5.69 Å². The van der Waals surface area contributed by atoms with E-state index in [9.17, 15) is 0 Å². The number of rotatable bonds is 4. The van der Waals surface area contributed by atoms with E-state index in [0.29, 0.717) is 10.8 Å². The number of nitrogens with two attached hydrogens (primary N) is 1. The summed E-state index contributed by atoms with van der Waals surface area (Å²) in [5.41, 5.74) is 11.9. The van der Waals surface area contributed by atoms with Crippen LogP contribution in [0.2, 0.25) is 0 Å². The van der Waals surface area contributed by atoms with Gasteiger partial charge in [0.1, 0.15) is 0 Å². The lowest BCUT2D eigenvalue weighted by Gasteiger charge is -2.44. The molecule has 0 spiro atoms. The zero-order valence-electron chi connectivity index (χ0n) is 15.3. The van der Waals surface area contributed by atoms with Crippen LogP contribution in [0.15, 0.2) is 60.2 Å². The quantitative estimate of drug-likeness (QED) is 0.509. The molecule has 0 aromatic heterocycles. The first-order chi connectivity index (χ1) is 11.5. The van der Waals surface area contributed by atoms with Crippen LogP contribution in [0.25, 0.3) is 0 Å². The number of nitrogen functional groups attached to an aromatic ring is 1. The molecule has 3 aliphatic rings. The van der Waals surface area contributed by atoms with Gasteiger partial charge >= 0.3 is 0 Å². The molecule has 0 aliphatic heterocycles. The first-order valence-electron chi connectivity index (χ1n) is 9.34. The Bertz CT molecular complexity index is 652. The van der Waals surface area contributed by atoms with Crippen LogP contribution in [0, 0.1) is 5.41 Å². The fourth-order valence-electron chi connectivity index (χ4n) is 4.83. The second-order valence-corrected chi connectivity index (χ2v) is 8.00. The van der Waals surface area contributed by atoms with Crippen LogP contribution in [-0.2, 0) is 5.41 Å². The van der Waals surface area contributed by atoms with E-state index < -0.39 is 0 Å². The van der Waals surface area contributed by atoms with Crippen molar-refractivity contribution in [3.63, 3.8) is 0 Å². The van der Waals surface area contributed by atoms with Crippen molar-refractivity contribution < 1.29 is 0 Å². The van der Waals surface area contributed by atoms with Crippen molar-refractivity contribution in [3.8, 4) is 0 Å². The number of allylic oxidation sites excluding steroid dienone is 5. The SMILES string of the molecule is C=CC(C)=CC=C(C)C12CCCC(c3ccc(N)cc3)(CC1)CC2. The Morgan fingerprint density at radius 1 is 0.958 bits per heavy atom. The van der Waals surface area contributed by atoms with Gasteiger partial charge in [0.15, 0.2) is 0 Å². The van der Waals surface area contributed by atoms with Gasteiger partial charge < -0.3 is 5.73 Å². The van der Waals surface area contributed by atoms with E-state index in [-0.39, 0.29) is 0 Å². The third-order valence-corrected chi connectivity index (χ3v) is 6.75. The van der Waals surface area contributed by atoms with Crippen LogP contribution in [0.1, 0.15) is 64.4 Å². The smallest absolute Gasteiger partial charge is 0.0314 e. The standard InChI is InChI=1S/C23H31N/c1-4-18(2)6-7-19(3)22-12-5-13-23(16-14-22,17-15-22)20-8-10-21(24)11-9-20/h4,6-11H,1,5,12-17,24H2,2-3H3. The number of hydrogen-bond donors (Lipinski definition) is 1. The summed E-state index contributed by atoms with van der Waals surface area (Å²) in [7, 11) is 0. The lowest BCUT2D eigenvalue weighted by atomic mass is 9.60. The monoisotopic (exact) mass is 321 g/mol. The fraction of sp³-hybridized carbons (Fsp3) is 0.478. The van der Waals surface area contributed by atoms with E-state index >= 15 is 0 Å². The highest BCUT2D eigenvalue weighted by Crippen LogP contribution is 2.57. The average Bonchev–Trinajstić information content (AvgIpc) is 2.92. The zero-order valence-corrected chi connectivity index (χ0v) is 15.3. The zero-order chi connectivity index (χ0) is 17.2. The van der Waals surface area contributed by atoms with E-state index in [0.717, 1.165) is 5.69 Å². The number of fused-ring (bicyclic) bond motifs is 4. The minimum absolute atomic E-state index is 0.390. The molecule has 3 saturated carbocycles. The van der Waals surface area contributed by atoms with Crippen LogP contribution < -0.4 is 5.73 Å². The molecule has 128 valence electrons. The van der Waals surface area contributed by atoms with Crippen molar-refractivity contribution in [1.82, 2.24) is 0 Å². The summed E-state index contributed by atoms with van der Waals surface area (Å²) < 4.78 is 0. The molecule has 3 aliphatic carbocycles. The maximum atomic E-state index is 5.89. The summed E-state index contributed by atoms with van der Waals surface area (Å²) >= 11 is 0. The lowest BCUT2D eigenvalue weighted by molar-refractivity contribution is 0.188. The molecule has 0 amide bonds. The van der Waals surface area contributed by atoms with Crippen LogP contribution in [0.3, 0.4) is 0 Å². The summed E-state index contributed by atoms with van der Waals surface area (Å²) in [6.45, 7) is 8.32. The normalized spacial score (nSPS) is 30.9. The van der Waals surface area contributed by atoms with Crippen molar-refractivity contribution in [1.29, 1.82) is 0 Å². The minimum Gasteiger partial charge on any atom is -0.399 e. The van der Waals surface area contributed by atoms with Gasteiger partial charge in [-0.05, 0) is 80.9 Å². The van der Waals surface area contributed by atoms with Crippen molar-refractivity contribution in [2.24, 2.45) is 5.41 Å². The molecule has 3 fully saturated rings. The third-order valence-electron chi connectivity index (χ3n) is 6.75. The molecule has 2 bridgehead atoms. The molecular formula is C23H31N.